The van der Waals surface area contributed by atoms with E-state index in [1.807, 2.05) is 19.9 Å². The van der Waals surface area contributed by atoms with E-state index in [4.69, 9.17) is 11.6 Å². The number of nitrogens with one attached hydrogen (secondary N) is 1. The van der Waals surface area contributed by atoms with Crippen LogP contribution in [0.5, 0.6) is 0 Å². The Bertz CT molecular complexity index is 777. The second-order valence-electron chi connectivity index (χ2n) is 5.97. The molecule has 8 heteroatoms. The van der Waals surface area contributed by atoms with Crippen molar-refractivity contribution in [2.45, 2.75) is 26.2 Å². The first-order valence-corrected chi connectivity index (χ1v) is 8.83. The number of carbonyl (C=O) groups excluding carboxylic acids is 2. The van der Waals surface area contributed by atoms with Gasteiger partial charge in [-0.25, -0.2) is 0 Å². The number of nitrogens with zero attached hydrogens (tertiary/aromatic N) is 3. The Balaban J connectivity index is 1.67. The van der Waals surface area contributed by atoms with E-state index in [0.717, 1.165) is 5.01 Å². The van der Waals surface area contributed by atoms with Gasteiger partial charge in [-0.05, 0) is 18.2 Å². The van der Waals surface area contributed by atoms with Crippen molar-refractivity contribution in [2.24, 2.45) is 5.92 Å². The molecule has 6 nitrogen and oxygen atoms in total. The molecule has 0 spiro atoms. The van der Waals surface area contributed by atoms with Crippen LogP contribution in [0.25, 0.3) is 0 Å². The van der Waals surface area contributed by atoms with Crippen LogP contribution in [-0.2, 0) is 9.59 Å². The predicted octanol–water partition coefficient (Wildman–Crippen LogP) is 3.31. The second kappa shape index (κ2) is 6.86. The number of rotatable bonds is 4. The first-order chi connectivity index (χ1) is 11.4. The van der Waals surface area contributed by atoms with E-state index < -0.39 is 5.92 Å². The minimum atomic E-state index is -0.414. The Labute approximate surface area is 148 Å². The van der Waals surface area contributed by atoms with Crippen molar-refractivity contribution in [3.63, 3.8) is 0 Å². The van der Waals surface area contributed by atoms with E-state index in [1.165, 1.54) is 11.3 Å². The number of carbonyl (C=O) groups is 2. The molecule has 0 aliphatic carbocycles. The molecule has 24 heavy (non-hydrogen) atoms. The van der Waals surface area contributed by atoms with Gasteiger partial charge < -0.3 is 10.2 Å². The fourth-order valence-electron chi connectivity index (χ4n) is 2.50. The van der Waals surface area contributed by atoms with E-state index in [1.54, 1.807) is 23.1 Å². The van der Waals surface area contributed by atoms with Crippen LogP contribution >= 0.6 is 22.9 Å². The molecule has 126 valence electrons. The zero-order valence-corrected chi connectivity index (χ0v) is 14.9. The van der Waals surface area contributed by atoms with Crippen LogP contribution in [0.2, 0.25) is 5.02 Å². The topological polar surface area (TPSA) is 75.2 Å². The molecule has 1 atom stereocenters. The van der Waals surface area contributed by atoms with Gasteiger partial charge in [-0.1, -0.05) is 42.9 Å². The third-order valence-corrected chi connectivity index (χ3v) is 5.15. The quantitative estimate of drug-likeness (QED) is 0.903. The number of hydrogen-bond acceptors (Lipinski definition) is 5. The molecule has 1 aliphatic heterocycles. The second-order valence-corrected chi connectivity index (χ2v) is 7.42. The summed E-state index contributed by atoms with van der Waals surface area (Å²) in [4.78, 5) is 26.2. The van der Waals surface area contributed by atoms with Gasteiger partial charge in [0.15, 0.2) is 0 Å². The van der Waals surface area contributed by atoms with Crippen molar-refractivity contribution >= 4 is 45.6 Å². The van der Waals surface area contributed by atoms with E-state index in [0.29, 0.717) is 22.4 Å². The molecule has 0 bridgehead atoms. The third kappa shape index (κ3) is 3.57. The first-order valence-electron chi connectivity index (χ1n) is 7.64. The molecule has 1 aromatic heterocycles. The highest BCUT2D eigenvalue weighted by atomic mass is 35.5. The Morgan fingerprint density at radius 3 is 2.88 bits per heavy atom. The van der Waals surface area contributed by atoms with E-state index >= 15 is 0 Å². The number of aromatic nitrogens is 2. The maximum Gasteiger partial charge on any atom is 0.231 e. The van der Waals surface area contributed by atoms with Crippen LogP contribution in [0, 0.1) is 5.92 Å². The Kier molecular flexibility index (Phi) is 4.82. The van der Waals surface area contributed by atoms with E-state index in [-0.39, 0.29) is 24.2 Å². The van der Waals surface area contributed by atoms with Gasteiger partial charge in [-0.2, -0.15) is 0 Å². The molecule has 0 saturated carbocycles. The van der Waals surface area contributed by atoms with Gasteiger partial charge in [0.25, 0.3) is 0 Å². The molecule has 0 unspecified atom stereocenters. The molecule has 1 aliphatic rings. The Morgan fingerprint density at radius 1 is 1.42 bits per heavy atom. The van der Waals surface area contributed by atoms with Gasteiger partial charge in [0.1, 0.15) is 5.01 Å². The minimum Gasteiger partial charge on any atom is -0.312 e. The lowest BCUT2D eigenvalue weighted by Gasteiger charge is -2.16. The monoisotopic (exact) mass is 364 g/mol. The molecular weight excluding hydrogens is 348 g/mol. The van der Waals surface area contributed by atoms with Crippen molar-refractivity contribution in [3.05, 3.63) is 34.3 Å². The number of amides is 2. The zero-order valence-electron chi connectivity index (χ0n) is 13.3. The van der Waals surface area contributed by atoms with Crippen molar-refractivity contribution < 1.29 is 9.59 Å². The van der Waals surface area contributed by atoms with Gasteiger partial charge in [0.2, 0.25) is 16.9 Å². The summed E-state index contributed by atoms with van der Waals surface area (Å²) in [6, 6.07) is 7.06. The smallest absolute Gasteiger partial charge is 0.231 e. The summed E-state index contributed by atoms with van der Waals surface area (Å²) in [5.74, 6) is -0.445. The molecule has 1 aromatic carbocycles. The number of halogens is 1. The maximum absolute atomic E-state index is 12.4. The van der Waals surface area contributed by atoms with Crippen LogP contribution in [0.15, 0.2) is 24.3 Å². The molecule has 1 saturated heterocycles. The maximum atomic E-state index is 12.4. The lowest BCUT2D eigenvalue weighted by atomic mass is 10.1. The predicted molar refractivity (Wildman–Crippen MR) is 94.5 cm³/mol. The molecule has 1 fully saturated rings. The summed E-state index contributed by atoms with van der Waals surface area (Å²) in [6.45, 7) is 4.37. The molecule has 2 heterocycles. The summed E-state index contributed by atoms with van der Waals surface area (Å²) < 4.78 is 0. The van der Waals surface area contributed by atoms with Crippen LogP contribution < -0.4 is 10.2 Å². The van der Waals surface area contributed by atoms with Crippen LogP contribution in [0.1, 0.15) is 31.2 Å². The lowest BCUT2D eigenvalue weighted by molar-refractivity contribution is -0.122. The molecule has 1 N–H and O–H groups in total. The molecular formula is C16H17ClN4O2S. The number of anilines is 2. The van der Waals surface area contributed by atoms with E-state index in [9.17, 15) is 9.59 Å². The van der Waals surface area contributed by atoms with Crippen molar-refractivity contribution in [2.75, 3.05) is 16.8 Å². The summed E-state index contributed by atoms with van der Waals surface area (Å²) in [5.41, 5.74) is 0.709. The average Bonchev–Trinajstić information content (AvgIpc) is 3.14. The number of benzene rings is 1. The van der Waals surface area contributed by atoms with Gasteiger partial charge in [0, 0.05) is 29.6 Å². The number of hydrogen-bond donors (Lipinski definition) is 1. The average molecular weight is 365 g/mol. The SMILES string of the molecule is CC(C)c1nnc(NC(=O)[C@H]2CC(=O)N(c3cccc(Cl)c3)C2)s1. The van der Waals surface area contributed by atoms with Gasteiger partial charge in [-0.15, -0.1) is 10.2 Å². The fraction of sp³-hybridized carbons (Fsp3) is 0.375. The molecule has 0 radical (unpaired) electrons. The summed E-state index contributed by atoms with van der Waals surface area (Å²) in [6.07, 6.45) is 0.175. The largest absolute Gasteiger partial charge is 0.312 e. The highest BCUT2D eigenvalue weighted by Crippen LogP contribution is 2.28. The van der Waals surface area contributed by atoms with Crippen molar-refractivity contribution in [1.82, 2.24) is 10.2 Å². The molecule has 2 amide bonds. The normalized spacial score (nSPS) is 17.6. The van der Waals surface area contributed by atoms with Gasteiger partial charge in [0.05, 0.1) is 5.92 Å². The Hall–Kier alpha value is -1.99. The third-order valence-electron chi connectivity index (χ3n) is 3.78. The highest BCUT2D eigenvalue weighted by Gasteiger charge is 2.35. The van der Waals surface area contributed by atoms with Gasteiger partial charge in [-0.3, -0.25) is 9.59 Å². The van der Waals surface area contributed by atoms with E-state index in [2.05, 4.69) is 15.5 Å². The van der Waals surface area contributed by atoms with Crippen LogP contribution in [-0.4, -0.2) is 28.6 Å². The zero-order chi connectivity index (χ0) is 17.3. The van der Waals surface area contributed by atoms with Gasteiger partial charge >= 0.3 is 0 Å². The molecule has 3 rings (SSSR count). The Morgan fingerprint density at radius 2 is 2.21 bits per heavy atom. The molecule has 2 aromatic rings. The summed E-state index contributed by atoms with van der Waals surface area (Å²) in [5, 5.41) is 12.7. The first kappa shape index (κ1) is 16.9. The lowest BCUT2D eigenvalue weighted by Crippen LogP contribution is -2.28. The fourth-order valence-corrected chi connectivity index (χ4v) is 3.44. The standard InChI is InChI=1S/C16H17ClN4O2S/c1-9(2)15-19-20-16(24-15)18-14(23)10-6-13(22)21(8-10)12-5-3-4-11(17)7-12/h3-5,7,9-10H,6,8H2,1-2H3,(H,18,20,23)/t10-/m0/s1. The van der Waals surface area contributed by atoms with Crippen LogP contribution in [0.3, 0.4) is 0 Å². The van der Waals surface area contributed by atoms with Crippen molar-refractivity contribution in [1.29, 1.82) is 0 Å². The van der Waals surface area contributed by atoms with Crippen LogP contribution in [0.4, 0.5) is 10.8 Å². The summed E-state index contributed by atoms with van der Waals surface area (Å²) >= 11 is 7.33. The van der Waals surface area contributed by atoms with Crippen molar-refractivity contribution in [3.8, 4) is 0 Å². The highest BCUT2D eigenvalue weighted by molar-refractivity contribution is 7.15. The minimum absolute atomic E-state index is 0.0856. The summed E-state index contributed by atoms with van der Waals surface area (Å²) in [7, 11) is 0.